The van der Waals surface area contributed by atoms with Crippen LogP contribution in [0.3, 0.4) is 0 Å². The summed E-state index contributed by atoms with van der Waals surface area (Å²) in [5.74, 6) is 1.49. The Morgan fingerprint density at radius 1 is 1.36 bits per heavy atom. The molecule has 22 heavy (non-hydrogen) atoms. The van der Waals surface area contributed by atoms with E-state index in [1.807, 2.05) is 10.7 Å². The van der Waals surface area contributed by atoms with Gasteiger partial charge in [-0.2, -0.15) is 5.10 Å². The molecule has 0 bridgehead atoms. The van der Waals surface area contributed by atoms with Crippen molar-refractivity contribution in [2.24, 2.45) is 0 Å². The number of hydrogen-bond acceptors (Lipinski definition) is 4. The van der Waals surface area contributed by atoms with E-state index >= 15 is 0 Å². The van der Waals surface area contributed by atoms with Crippen LogP contribution in [0.5, 0.6) is 0 Å². The second-order valence-corrected chi connectivity index (χ2v) is 7.30. The van der Waals surface area contributed by atoms with E-state index in [4.69, 9.17) is 21.2 Å². The summed E-state index contributed by atoms with van der Waals surface area (Å²) in [6, 6.07) is 2.16. The van der Waals surface area contributed by atoms with Crippen molar-refractivity contribution < 1.29 is 4.52 Å². The number of nitrogens with zero attached hydrogens (tertiary/aromatic N) is 4. The zero-order chi connectivity index (χ0) is 15.4. The van der Waals surface area contributed by atoms with E-state index < -0.39 is 0 Å². The van der Waals surface area contributed by atoms with Crippen LogP contribution < -0.4 is 0 Å². The molecule has 1 aliphatic rings. The zero-order valence-corrected chi connectivity index (χ0v) is 15.1. The highest BCUT2D eigenvalue weighted by Crippen LogP contribution is 2.45. The van der Waals surface area contributed by atoms with Gasteiger partial charge >= 0.3 is 0 Å². The Morgan fingerprint density at radius 3 is 2.82 bits per heavy atom. The number of pyridine rings is 1. The Kier molecular flexibility index (Phi) is 3.41. The van der Waals surface area contributed by atoms with Crippen molar-refractivity contribution in [3.8, 4) is 11.4 Å². The third-order valence-corrected chi connectivity index (χ3v) is 5.22. The lowest BCUT2D eigenvalue weighted by atomic mass is 10.2. The molecule has 0 atom stereocenters. The Labute approximate surface area is 146 Å². The normalized spacial score (nSPS) is 15.1. The van der Waals surface area contributed by atoms with E-state index in [0.717, 1.165) is 31.6 Å². The summed E-state index contributed by atoms with van der Waals surface area (Å²) < 4.78 is 8.56. The van der Waals surface area contributed by atoms with Crippen molar-refractivity contribution in [1.82, 2.24) is 19.9 Å². The van der Waals surface area contributed by atoms with Gasteiger partial charge in [-0.1, -0.05) is 16.8 Å². The van der Waals surface area contributed by atoms with Gasteiger partial charge in [-0.05, 0) is 55.3 Å². The summed E-state index contributed by atoms with van der Waals surface area (Å²) in [5.41, 5.74) is 2.49. The van der Waals surface area contributed by atoms with Crippen LogP contribution in [0.4, 0.5) is 0 Å². The van der Waals surface area contributed by atoms with Gasteiger partial charge in [-0.25, -0.2) is 4.98 Å². The van der Waals surface area contributed by atoms with Crippen molar-refractivity contribution >= 4 is 45.1 Å². The second-order valence-electron chi connectivity index (χ2n) is 5.87. The molecule has 7 heteroatoms. The molecule has 1 aliphatic carbocycles. The molecule has 1 saturated carbocycles. The minimum Gasteiger partial charge on any atom is -0.359 e. The molecule has 3 aromatic heterocycles. The Bertz CT molecular complexity index is 866. The van der Waals surface area contributed by atoms with E-state index in [9.17, 15) is 0 Å². The van der Waals surface area contributed by atoms with Crippen LogP contribution in [-0.4, -0.2) is 19.9 Å². The Hall–Kier alpha value is -1.15. The highest BCUT2D eigenvalue weighted by atomic mass is 127. The third-order valence-electron chi connectivity index (χ3n) is 3.90. The number of halogens is 2. The fourth-order valence-electron chi connectivity index (χ4n) is 2.65. The lowest BCUT2D eigenvalue weighted by Crippen LogP contribution is -2.02. The molecule has 3 heterocycles. The van der Waals surface area contributed by atoms with Gasteiger partial charge in [0, 0.05) is 18.2 Å². The molecule has 5 nitrogen and oxygen atoms in total. The average molecular weight is 429 g/mol. The van der Waals surface area contributed by atoms with Gasteiger partial charge in [-0.15, -0.1) is 0 Å². The lowest BCUT2D eigenvalue weighted by molar-refractivity contribution is 0.385. The Morgan fingerprint density at radius 2 is 2.14 bits per heavy atom. The number of fused-ring (bicyclic) bond motifs is 1. The maximum absolute atomic E-state index is 6.34. The van der Waals surface area contributed by atoms with E-state index in [1.54, 1.807) is 6.20 Å². The first kappa shape index (κ1) is 14.4. The number of aromatic nitrogens is 4. The quantitative estimate of drug-likeness (QED) is 0.444. The summed E-state index contributed by atoms with van der Waals surface area (Å²) in [6.07, 6.45) is 4.06. The molecule has 0 aromatic carbocycles. The first-order valence-electron chi connectivity index (χ1n) is 7.26. The molecule has 0 unspecified atom stereocenters. The van der Waals surface area contributed by atoms with Gasteiger partial charge in [0.2, 0.25) is 0 Å². The molecule has 0 saturated heterocycles. The fourth-order valence-corrected chi connectivity index (χ4v) is 3.78. The molecule has 114 valence electrons. The molecule has 0 amide bonds. The molecule has 3 aromatic rings. The molecule has 0 radical (unpaired) electrons. The maximum Gasteiger partial charge on any atom is 0.153 e. The highest BCUT2D eigenvalue weighted by Gasteiger charge is 2.33. The molecule has 0 aliphatic heterocycles. The summed E-state index contributed by atoms with van der Waals surface area (Å²) in [5, 5.41) is 10.3. The predicted molar refractivity (Wildman–Crippen MR) is 93.1 cm³/mol. The van der Waals surface area contributed by atoms with Crippen molar-refractivity contribution in [3.63, 3.8) is 0 Å². The third kappa shape index (κ3) is 2.15. The molecule has 1 fully saturated rings. The van der Waals surface area contributed by atoms with Crippen LogP contribution in [0.25, 0.3) is 22.3 Å². The standard InChI is InChI=1S/C15H14ClIN4O/c1-7(2)21-9-5-6-18-15(16)10(9)12(19-21)13-11(17)14(22-20-13)8-3-4-8/h5-8H,3-4H2,1-2H3. The topological polar surface area (TPSA) is 56.7 Å². The van der Waals surface area contributed by atoms with Crippen molar-refractivity contribution in [2.75, 3.05) is 0 Å². The van der Waals surface area contributed by atoms with Gasteiger partial charge < -0.3 is 4.52 Å². The second kappa shape index (κ2) is 5.19. The smallest absolute Gasteiger partial charge is 0.153 e. The van der Waals surface area contributed by atoms with Gasteiger partial charge in [0.05, 0.1) is 14.5 Å². The predicted octanol–water partition coefficient (Wildman–Crippen LogP) is 4.80. The maximum atomic E-state index is 6.34. The number of rotatable bonds is 3. The van der Waals surface area contributed by atoms with Gasteiger partial charge in [0.15, 0.2) is 5.76 Å². The fraction of sp³-hybridized carbons (Fsp3) is 0.400. The molecular formula is C15H14ClIN4O. The van der Waals surface area contributed by atoms with Crippen LogP contribution in [-0.2, 0) is 0 Å². The monoisotopic (exact) mass is 428 g/mol. The summed E-state index contributed by atoms with van der Waals surface area (Å²) in [6.45, 7) is 4.18. The Balaban J connectivity index is 1.98. The molecule has 4 rings (SSSR count). The first-order chi connectivity index (χ1) is 10.6. The highest BCUT2D eigenvalue weighted by molar-refractivity contribution is 14.1. The van der Waals surface area contributed by atoms with Gasteiger partial charge in [0.1, 0.15) is 16.5 Å². The van der Waals surface area contributed by atoms with Crippen molar-refractivity contribution in [1.29, 1.82) is 0 Å². The van der Waals surface area contributed by atoms with Gasteiger partial charge in [0.25, 0.3) is 0 Å². The van der Waals surface area contributed by atoms with Crippen LogP contribution in [0.2, 0.25) is 5.15 Å². The summed E-state index contributed by atoms with van der Waals surface area (Å²) >= 11 is 8.64. The minimum absolute atomic E-state index is 0.224. The number of hydrogen-bond donors (Lipinski definition) is 0. The van der Waals surface area contributed by atoms with Crippen LogP contribution in [0, 0.1) is 3.57 Å². The first-order valence-corrected chi connectivity index (χ1v) is 8.71. The van der Waals surface area contributed by atoms with Gasteiger partial charge in [-0.3, -0.25) is 4.68 Å². The minimum atomic E-state index is 0.224. The lowest BCUT2D eigenvalue weighted by Gasteiger charge is -2.06. The van der Waals surface area contributed by atoms with Crippen LogP contribution in [0.1, 0.15) is 44.4 Å². The summed E-state index contributed by atoms with van der Waals surface area (Å²) in [4.78, 5) is 4.20. The molecular weight excluding hydrogens is 415 g/mol. The van der Waals surface area contributed by atoms with Crippen molar-refractivity contribution in [3.05, 3.63) is 26.7 Å². The van der Waals surface area contributed by atoms with E-state index in [0.29, 0.717) is 11.1 Å². The van der Waals surface area contributed by atoms with E-state index in [2.05, 4.69) is 46.6 Å². The van der Waals surface area contributed by atoms with Crippen LogP contribution in [0.15, 0.2) is 16.8 Å². The van der Waals surface area contributed by atoms with E-state index in [1.165, 1.54) is 12.8 Å². The SMILES string of the molecule is CC(C)n1nc(-c2noc(C3CC3)c2I)c2c(Cl)nccc21. The molecule has 0 N–H and O–H groups in total. The molecule has 0 spiro atoms. The average Bonchev–Trinajstić information content (AvgIpc) is 3.13. The largest absolute Gasteiger partial charge is 0.359 e. The van der Waals surface area contributed by atoms with E-state index in [-0.39, 0.29) is 6.04 Å². The zero-order valence-electron chi connectivity index (χ0n) is 12.2. The van der Waals surface area contributed by atoms with Crippen molar-refractivity contribution in [2.45, 2.75) is 38.6 Å². The van der Waals surface area contributed by atoms with Crippen LogP contribution >= 0.6 is 34.2 Å². The summed E-state index contributed by atoms with van der Waals surface area (Å²) in [7, 11) is 0.